The molecular weight excluding hydrogens is 326 g/mol. The maximum absolute atomic E-state index is 12.4. The molecule has 2 atom stereocenters. The number of aromatic amines is 1. The number of nitrogens with one attached hydrogen (secondary N) is 1. The highest BCUT2D eigenvalue weighted by atomic mass is 16.6. The summed E-state index contributed by atoms with van der Waals surface area (Å²) in [5.74, 6) is 0. The van der Waals surface area contributed by atoms with E-state index in [-0.39, 0.29) is 13.1 Å². The molecule has 2 N–H and O–H groups in total. The number of aliphatic hydroxyl groups excluding tert-OH is 1. The molecular formula is C17H21N3O5. The van der Waals surface area contributed by atoms with Gasteiger partial charge < -0.3 is 14.7 Å². The van der Waals surface area contributed by atoms with Crippen LogP contribution in [-0.4, -0.2) is 50.4 Å². The lowest BCUT2D eigenvalue weighted by Crippen LogP contribution is -2.38. The summed E-state index contributed by atoms with van der Waals surface area (Å²) in [6.45, 7) is 5.45. The van der Waals surface area contributed by atoms with E-state index >= 15 is 0 Å². The summed E-state index contributed by atoms with van der Waals surface area (Å²) in [7, 11) is 0. The summed E-state index contributed by atoms with van der Waals surface area (Å²) in [5, 5.41) is 10.8. The van der Waals surface area contributed by atoms with Crippen LogP contribution in [0.5, 0.6) is 0 Å². The van der Waals surface area contributed by atoms with Crippen LogP contribution in [0.3, 0.4) is 0 Å². The number of ether oxygens (including phenoxy) is 1. The maximum Gasteiger partial charge on any atom is 0.410 e. The first-order valence-electron chi connectivity index (χ1n) is 8.07. The zero-order valence-corrected chi connectivity index (χ0v) is 14.4. The lowest BCUT2D eigenvalue weighted by molar-refractivity contribution is 0.0270. The Morgan fingerprint density at radius 1 is 1.24 bits per heavy atom. The number of carbonyl (C=O) groups excluding carboxylic acids is 1. The molecule has 0 spiro atoms. The number of para-hydroxylation sites is 1. The minimum atomic E-state index is -0.945. The average Bonchev–Trinajstić information content (AvgIpc) is 2.88. The van der Waals surface area contributed by atoms with Gasteiger partial charge >= 0.3 is 11.8 Å². The summed E-state index contributed by atoms with van der Waals surface area (Å²) >= 11 is 0. The van der Waals surface area contributed by atoms with Crippen LogP contribution in [0.1, 0.15) is 26.8 Å². The van der Waals surface area contributed by atoms with E-state index in [1.165, 1.54) is 9.47 Å². The Morgan fingerprint density at radius 2 is 1.92 bits per heavy atom. The molecule has 8 nitrogen and oxygen atoms in total. The van der Waals surface area contributed by atoms with Crippen LogP contribution in [0, 0.1) is 0 Å². The fourth-order valence-electron chi connectivity index (χ4n) is 3.04. The topological polar surface area (TPSA) is 105 Å². The Balaban J connectivity index is 1.98. The molecule has 8 heteroatoms. The summed E-state index contributed by atoms with van der Waals surface area (Å²) in [6.07, 6.45) is -1.49. The quantitative estimate of drug-likeness (QED) is 0.795. The van der Waals surface area contributed by atoms with Gasteiger partial charge in [-0.05, 0) is 32.9 Å². The van der Waals surface area contributed by atoms with E-state index < -0.39 is 35.1 Å². The number of H-pyrrole nitrogens is 1. The number of carbonyl (C=O) groups is 1. The summed E-state index contributed by atoms with van der Waals surface area (Å²) in [4.78, 5) is 40.2. The molecule has 1 fully saturated rings. The molecule has 0 radical (unpaired) electrons. The van der Waals surface area contributed by atoms with Gasteiger partial charge in [0.25, 0.3) is 5.56 Å². The predicted octanol–water partition coefficient (Wildman–Crippen LogP) is 0.842. The van der Waals surface area contributed by atoms with E-state index in [9.17, 15) is 19.5 Å². The first-order chi connectivity index (χ1) is 11.7. The van der Waals surface area contributed by atoms with Crippen molar-refractivity contribution < 1.29 is 14.6 Å². The van der Waals surface area contributed by atoms with Gasteiger partial charge in [-0.15, -0.1) is 0 Å². The Bertz CT molecular complexity index is 924. The van der Waals surface area contributed by atoms with E-state index in [0.717, 1.165) is 0 Å². The van der Waals surface area contributed by atoms with Crippen LogP contribution < -0.4 is 11.2 Å². The van der Waals surface area contributed by atoms with Crippen LogP contribution in [-0.2, 0) is 4.74 Å². The van der Waals surface area contributed by atoms with Gasteiger partial charge in [-0.2, -0.15) is 0 Å². The Hall–Kier alpha value is -2.61. The highest BCUT2D eigenvalue weighted by Gasteiger charge is 2.38. The van der Waals surface area contributed by atoms with Gasteiger partial charge in [0.15, 0.2) is 0 Å². The Morgan fingerprint density at radius 3 is 2.60 bits per heavy atom. The van der Waals surface area contributed by atoms with Crippen LogP contribution in [0.4, 0.5) is 4.79 Å². The van der Waals surface area contributed by atoms with Crippen molar-refractivity contribution in [1.82, 2.24) is 14.5 Å². The normalized spacial score (nSPS) is 20.9. The predicted molar refractivity (Wildman–Crippen MR) is 91.7 cm³/mol. The van der Waals surface area contributed by atoms with Gasteiger partial charge in [-0.3, -0.25) is 14.3 Å². The van der Waals surface area contributed by atoms with Crippen molar-refractivity contribution in [1.29, 1.82) is 0 Å². The smallest absolute Gasteiger partial charge is 0.410 e. The first kappa shape index (κ1) is 17.2. The third kappa shape index (κ3) is 3.30. The van der Waals surface area contributed by atoms with Crippen molar-refractivity contribution in [2.24, 2.45) is 0 Å². The van der Waals surface area contributed by atoms with Crippen LogP contribution >= 0.6 is 0 Å². The molecule has 1 amide bonds. The molecule has 0 bridgehead atoms. The number of aromatic nitrogens is 2. The first-order valence-corrected chi connectivity index (χ1v) is 8.07. The molecule has 1 aliphatic heterocycles. The Kier molecular flexibility index (Phi) is 4.16. The largest absolute Gasteiger partial charge is 0.444 e. The molecule has 2 heterocycles. The molecule has 0 saturated carbocycles. The van der Waals surface area contributed by atoms with E-state index in [2.05, 4.69) is 4.98 Å². The highest BCUT2D eigenvalue weighted by Crippen LogP contribution is 2.25. The number of β-amino-alcohol motifs (C(OH)–C–C–N with tert-alkyl or cyclic N) is 1. The fraction of sp³-hybridized carbons (Fsp3) is 0.471. The third-order valence-electron chi connectivity index (χ3n) is 4.09. The second-order valence-corrected chi connectivity index (χ2v) is 7.17. The van der Waals surface area contributed by atoms with Crippen LogP contribution in [0.15, 0.2) is 33.9 Å². The number of nitrogens with zero attached hydrogens (tertiary/aromatic N) is 2. The van der Waals surface area contributed by atoms with Crippen LogP contribution in [0.2, 0.25) is 0 Å². The van der Waals surface area contributed by atoms with Crippen molar-refractivity contribution in [2.45, 2.75) is 38.5 Å². The molecule has 1 aliphatic rings. The van der Waals surface area contributed by atoms with Gasteiger partial charge in [-0.25, -0.2) is 9.59 Å². The molecule has 134 valence electrons. The number of hydrogen-bond donors (Lipinski definition) is 2. The minimum Gasteiger partial charge on any atom is -0.444 e. The Labute approximate surface area is 143 Å². The number of aliphatic hydroxyl groups is 1. The molecule has 1 aromatic carbocycles. The lowest BCUT2D eigenvalue weighted by atomic mass is 10.1. The molecule has 1 saturated heterocycles. The molecule has 1 aromatic heterocycles. The number of fused-ring (bicyclic) bond motifs is 1. The second-order valence-electron chi connectivity index (χ2n) is 7.17. The fourth-order valence-corrected chi connectivity index (χ4v) is 3.04. The van der Waals surface area contributed by atoms with Gasteiger partial charge in [0.2, 0.25) is 0 Å². The van der Waals surface area contributed by atoms with Crippen molar-refractivity contribution in [3.05, 3.63) is 45.1 Å². The minimum absolute atomic E-state index is 0.0550. The summed E-state index contributed by atoms with van der Waals surface area (Å²) in [6, 6.07) is 6.00. The van der Waals surface area contributed by atoms with Gasteiger partial charge in [0.1, 0.15) is 5.60 Å². The third-order valence-corrected chi connectivity index (χ3v) is 4.09. The number of rotatable bonds is 1. The van der Waals surface area contributed by atoms with E-state index in [1.807, 2.05) is 0 Å². The van der Waals surface area contributed by atoms with E-state index in [4.69, 9.17) is 4.74 Å². The van der Waals surface area contributed by atoms with Gasteiger partial charge in [-0.1, -0.05) is 12.1 Å². The molecule has 3 rings (SSSR count). The van der Waals surface area contributed by atoms with Crippen molar-refractivity contribution in [3.8, 4) is 0 Å². The van der Waals surface area contributed by atoms with Gasteiger partial charge in [0.05, 0.1) is 29.6 Å². The summed E-state index contributed by atoms with van der Waals surface area (Å²) < 4.78 is 6.66. The molecule has 2 aromatic rings. The number of amides is 1. The summed E-state index contributed by atoms with van der Waals surface area (Å²) in [5.41, 5.74) is -1.32. The maximum atomic E-state index is 12.4. The monoisotopic (exact) mass is 347 g/mol. The molecule has 25 heavy (non-hydrogen) atoms. The number of hydrogen-bond acceptors (Lipinski definition) is 5. The van der Waals surface area contributed by atoms with Crippen molar-refractivity contribution in [3.63, 3.8) is 0 Å². The van der Waals surface area contributed by atoms with E-state index in [1.54, 1.807) is 45.0 Å². The van der Waals surface area contributed by atoms with Crippen molar-refractivity contribution in [2.75, 3.05) is 13.1 Å². The highest BCUT2D eigenvalue weighted by molar-refractivity contribution is 5.78. The second kappa shape index (κ2) is 6.03. The average molecular weight is 347 g/mol. The zero-order chi connectivity index (χ0) is 18.4. The molecule has 0 aliphatic carbocycles. The van der Waals surface area contributed by atoms with Crippen LogP contribution in [0.25, 0.3) is 10.9 Å². The lowest BCUT2D eigenvalue weighted by Gasteiger charge is -2.24. The SMILES string of the molecule is CC(C)(C)OC(=O)N1C[C@H](O)[C@@H](n2c(=O)[nH]c(=O)c3ccccc32)C1. The standard InChI is InChI=1S/C17H21N3O5/c1-17(2,3)25-16(24)19-8-12(13(21)9-19)20-11-7-5-4-6-10(11)14(22)18-15(20)23/h4-7,12-13,21H,8-9H2,1-3H3,(H,18,22,23)/t12-,13-/m0/s1. The van der Waals surface area contributed by atoms with E-state index in [0.29, 0.717) is 10.9 Å². The molecule has 0 unspecified atom stereocenters. The zero-order valence-electron chi connectivity index (χ0n) is 14.4. The van der Waals surface area contributed by atoms with Crippen molar-refractivity contribution >= 4 is 17.0 Å². The number of likely N-dealkylation sites (tertiary alicyclic amines) is 1. The van der Waals surface area contributed by atoms with Gasteiger partial charge in [0, 0.05) is 6.54 Å². The number of benzene rings is 1.